The van der Waals surface area contributed by atoms with E-state index in [-0.39, 0.29) is 16.9 Å². The molecule has 0 bridgehead atoms. The number of non-ortho nitro benzene ring substituents is 1. The third kappa shape index (κ3) is 4.66. The fourth-order valence-corrected chi connectivity index (χ4v) is 2.86. The highest BCUT2D eigenvalue weighted by atomic mass is 16.6. The Morgan fingerprint density at radius 1 is 0.897 bits per heavy atom. The molecule has 0 saturated heterocycles. The predicted molar refractivity (Wildman–Crippen MR) is 104 cm³/mol. The number of rotatable bonds is 6. The molecule has 2 aromatic rings. The summed E-state index contributed by atoms with van der Waals surface area (Å²) in [6, 6.07) is 4.84. The number of nitro groups is 1. The van der Waals surface area contributed by atoms with E-state index in [0.717, 1.165) is 47.6 Å². The zero-order valence-corrected chi connectivity index (χ0v) is 16.8. The first kappa shape index (κ1) is 21.7. The second-order valence-electron chi connectivity index (χ2n) is 6.63. The van der Waals surface area contributed by atoms with Crippen LogP contribution in [0.5, 0.6) is 0 Å². The summed E-state index contributed by atoms with van der Waals surface area (Å²) in [6.45, 7) is 7.06. The van der Waals surface area contributed by atoms with Crippen molar-refractivity contribution in [3.63, 3.8) is 0 Å². The maximum Gasteiger partial charge on any atom is 0.338 e. The fraction of sp³-hybridized carbons (Fsp3) is 0.286. The minimum atomic E-state index is -0.953. The van der Waals surface area contributed by atoms with Crippen LogP contribution >= 0.6 is 0 Å². The van der Waals surface area contributed by atoms with E-state index in [1.165, 1.54) is 0 Å². The molecule has 0 heterocycles. The van der Waals surface area contributed by atoms with Crippen molar-refractivity contribution in [3.05, 3.63) is 73.3 Å². The molecule has 2 aromatic carbocycles. The molecule has 8 heteroatoms. The fourth-order valence-electron chi connectivity index (χ4n) is 2.86. The minimum absolute atomic E-state index is 0.166. The van der Waals surface area contributed by atoms with E-state index in [1.807, 2.05) is 27.7 Å². The maximum absolute atomic E-state index is 12.6. The van der Waals surface area contributed by atoms with Crippen LogP contribution in [0.3, 0.4) is 0 Å². The summed E-state index contributed by atoms with van der Waals surface area (Å²) in [4.78, 5) is 46.9. The zero-order valence-electron chi connectivity index (χ0n) is 16.8. The second kappa shape index (κ2) is 8.64. The standard InChI is InChI=1S/C21H21NO7/c1-11-6-18(14(4)13(3)12(11)2)19(23)10-29-21(25)16-7-15(20(24)28-5)8-17(9-16)22(26)27/h6-9H,10H2,1-5H3. The number of Topliss-reactive ketones (excluding diaryl/α,β-unsaturated/α-hetero) is 1. The quantitative estimate of drug-likeness (QED) is 0.315. The molecule has 0 unspecified atom stereocenters. The van der Waals surface area contributed by atoms with Gasteiger partial charge >= 0.3 is 11.9 Å². The van der Waals surface area contributed by atoms with Gasteiger partial charge in [-0.25, -0.2) is 9.59 Å². The normalized spacial score (nSPS) is 10.4. The van der Waals surface area contributed by atoms with Crippen LogP contribution in [0.2, 0.25) is 0 Å². The molecule has 2 rings (SSSR count). The monoisotopic (exact) mass is 399 g/mol. The molecule has 0 aromatic heterocycles. The number of hydrogen-bond acceptors (Lipinski definition) is 7. The summed E-state index contributed by atoms with van der Waals surface area (Å²) in [5, 5.41) is 11.1. The van der Waals surface area contributed by atoms with Crippen LogP contribution < -0.4 is 0 Å². The lowest BCUT2D eigenvalue weighted by atomic mass is 9.93. The van der Waals surface area contributed by atoms with Crippen LogP contribution in [0.4, 0.5) is 5.69 Å². The Morgan fingerprint density at radius 3 is 2.03 bits per heavy atom. The Morgan fingerprint density at radius 2 is 1.48 bits per heavy atom. The van der Waals surface area contributed by atoms with Gasteiger partial charge < -0.3 is 9.47 Å². The number of aryl methyl sites for hydroxylation is 1. The zero-order chi connectivity index (χ0) is 21.9. The highest BCUT2D eigenvalue weighted by Crippen LogP contribution is 2.22. The number of carbonyl (C=O) groups is 3. The summed E-state index contributed by atoms with van der Waals surface area (Å²) in [7, 11) is 1.12. The van der Waals surface area contributed by atoms with Crippen molar-refractivity contribution >= 4 is 23.4 Å². The lowest BCUT2D eigenvalue weighted by molar-refractivity contribution is -0.384. The van der Waals surface area contributed by atoms with Crippen LogP contribution in [0, 0.1) is 37.8 Å². The molecule has 29 heavy (non-hydrogen) atoms. The van der Waals surface area contributed by atoms with Gasteiger partial charge in [0, 0.05) is 17.7 Å². The first-order valence-corrected chi connectivity index (χ1v) is 8.72. The van der Waals surface area contributed by atoms with Gasteiger partial charge in [-0.2, -0.15) is 0 Å². The SMILES string of the molecule is COC(=O)c1cc(C(=O)OCC(=O)c2cc(C)c(C)c(C)c2C)cc([N+](=O)[O-])c1. The van der Waals surface area contributed by atoms with E-state index >= 15 is 0 Å². The van der Waals surface area contributed by atoms with Crippen molar-refractivity contribution in [1.29, 1.82) is 0 Å². The Hall–Kier alpha value is -3.55. The van der Waals surface area contributed by atoms with E-state index in [1.54, 1.807) is 6.07 Å². The molecule has 0 radical (unpaired) electrons. The Kier molecular flexibility index (Phi) is 6.48. The van der Waals surface area contributed by atoms with Gasteiger partial charge in [0.05, 0.1) is 23.2 Å². The predicted octanol–water partition coefficient (Wildman–Crippen LogP) is 3.65. The smallest absolute Gasteiger partial charge is 0.338 e. The first-order valence-electron chi connectivity index (χ1n) is 8.72. The lowest BCUT2D eigenvalue weighted by Crippen LogP contribution is -2.17. The number of benzene rings is 2. The highest BCUT2D eigenvalue weighted by molar-refractivity contribution is 6.01. The molecule has 8 nitrogen and oxygen atoms in total. The van der Waals surface area contributed by atoms with Gasteiger partial charge in [-0.3, -0.25) is 14.9 Å². The molecular formula is C21H21NO7. The molecule has 0 spiro atoms. The Labute approximate surface area is 167 Å². The van der Waals surface area contributed by atoms with E-state index in [0.29, 0.717) is 5.56 Å². The highest BCUT2D eigenvalue weighted by Gasteiger charge is 2.21. The van der Waals surface area contributed by atoms with Crippen LogP contribution in [-0.4, -0.2) is 36.4 Å². The van der Waals surface area contributed by atoms with Gasteiger partial charge in [-0.05, 0) is 62.1 Å². The number of nitro benzene ring substituents is 1. The van der Waals surface area contributed by atoms with E-state index in [4.69, 9.17) is 4.74 Å². The third-order valence-electron chi connectivity index (χ3n) is 4.90. The van der Waals surface area contributed by atoms with Crippen LogP contribution in [0.1, 0.15) is 53.3 Å². The van der Waals surface area contributed by atoms with Gasteiger partial charge in [0.15, 0.2) is 6.61 Å². The number of nitrogens with zero attached hydrogens (tertiary/aromatic N) is 1. The Balaban J connectivity index is 2.25. The van der Waals surface area contributed by atoms with Gasteiger partial charge in [-0.1, -0.05) is 0 Å². The second-order valence-corrected chi connectivity index (χ2v) is 6.63. The number of esters is 2. The summed E-state index contributed by atoms with van der Waals surface area (Å²) in [6.07, 6.45) is 0. The van der Waals surface area contributed by atoms with Crippen LogP contribution in [0.25, 0.3) is 0 Å². The number of ether oxygens (including phenoxy) is 2. The van der Waals surface area contributed by atoms with E-state index < -0.39 is 29.2 Å². The number of ketones is 1. The summed E-state index contributed by atoms with van der Waals surface area (Å²) in [5.41, 5.74) is 3.42. The Bertz CT molecular complexity index is 1020. The molecule has 0 aliphatic heterocycles. The van der Waals surface area contributed by atoms with Crippen molar-refractivity contribution in [2.24, 2.45) is 0 Å². The molecule has 0 N–H and O–H groups in total. The minimum Gasteiger partial charge on any atom is -0.465 e. The van der Waals surface area contributed by atoms with E-state index in [2.05, 4.69) is 4.74 Å². The summed E-state index contributed by atoms with van der Waals surface area (Å²) in [5.74, 6) is -2.17. The van der Waals surface area contributed by atoms with Gasteiger partial charge in [-0.15, -0.1) is 0 Å². The van der Waals surface area contributed by atoms with Gasteiger partial charge in [0.25, 0.3) is 5.69 Å². The average molecular weight is 399 g/mol. The van der Waals surface area contributed by atoms with Crippen LogP contribution in [0.15, 0.2) is 24.3 Å². The first-order chi connectivity index (χ1) is 13.6. The molecule has 0 aliphatic rings. The number of methoxy groups -OCH3 is 1. The van der Waals surface area contributed by atoms with Crippen molar-refractivity contribution in [3.8, 4) is 0 Å². The van der Waals surface area contributed by atoms with Crippen molar-refractivity contribution in [2.45, 2.75) is 27.7 Å². The largest absolute Gasteiger partial charge is 0.465 e. The van der Waals surface area contributed by atoms with Crippen molar-refractivity contribution < 1.29 is 28.8 Å². The summed E-state index contributed by atoms with van der Waals surface area (Å²) >= 11 is 0. The summed E-state index contributed by atoms with van der Waals surface area (Å²) < 4.78 is 9.59. The average Bonchev–Trinajstić information content (AvgIpc) is 2.71. The molecule has 0 fully saturated rings. The topological polar surface area (TPSA) is 113 Å². The molecule has 0 atom stereocenters. The lowest BCUT2D eigenvalue weighted by Gasteiger charge is -2.13. The van der Waals surface area contributed by atoms with Crippen molar-refractivity contribution in [2.75, 3.05) is 13.7 Å². The van der Waals surface area contributed by atoms with E-state index in [9.17, 15) is 24.5 Å². The molecule has 152 valence electrons. The van der Waals surface area contributed by atoms with Gasteiger partial charge in [0.1, 0.15) is 0 Å². The number of hydrogen-bond donors (Lipinski definition) is 0. The molecular weight excluding hydrogens is 378 g/mol. The van der Waals surface area contributed by atoms with Gasteiger partial charge in [0.2, 0.25) is 5.78 Å². The number of carbonyl (C=O) groups excluding carboxylic acids is 3. The molecule has 0 amide bonds. The van der Waals surface area contributed by atoms with Crippen LogP contribution in [-0.2, 0) is 9.47 Å². The maximum atomic E-state index is 12.6. The molecule has 0 saturated carbocycles. The van der Waals surface area contributed by atoms with Crippen molar-refractivity contribution in [1.82, 2.24) is 0 Å². The third-order valence-corrected chi connectivity index (χ3v) is 4.90. The molecule has 0 aliphatic carbocycles.